The number of hydrogen-bond donors (Lipinski definition) is 2. The Labute approximate surface area is 120 Å². The number of hydrogen-bond acceptors (Lipinski definition) is 4. The number of carbonyl (C=O) groups excluding carboxylic acids is 1. The highest BCUT2D eigenvalue weighted by molar-refractivity contribution is 9.10. The first kappa shape index (κ1) is 14.3. The Hall–Kier alpha value is -1.11. The molecule has 0 spiro atoms. The Balaban J connectivity index is 1.92. The van der Waals surface area contributed by atoms with Gasteiger partial charge in [-0.2, -0.15) is 0 Å². The predicted octanol–water partition coefficient (Wildman–Crippen LogP) is 1.30. The van der Waals surface area contributed by atoms with Crippen LogP contribution in [0.15, 0.2) is 22.7 Å². The molecule has 19 heavy (non-hydrogen) atoms. The van der Waals surface area contributed by atoms with E-state index in [9.17, 15) is 4.79 Å². The molecular formula is C13H17BrN2O3. The minimum atomic E-state index is -0.466. The zero-order chi connectivity index (χ0) is 13.8. The van der Waals surface area contributed by atoms with Gasteiger partial charge in [0.05, 0.1) is 11.7 Å². The van der Waals surface area contributed by atoms with Gasteiger partial charge in [-0.3, -0.25) is 4.79 Å². The second-order valence-corrected chi connectivity index (χ2v) is 5.40. The van der Waals surface area contributed by atoms with E-state index in [1.807, 2.05) is 6.92 Å². The van der Waals surface area contributed by atoms with Crippen LogP contribution in [0.25, 0.3) is 0 Å². The predicted molar refractivity (Wildman–Crippen MR) is 75.4 cm³/mol. The van der Waals surface area contributed by atoms with Gasteiger partial charge < -0.3 is 20.5 Å². The van der Waals surface area contributed by atoms with Crippen LogP contribution < -0.4 is 15.8 Å². The lowest BCUT2D eigenvalue weighted by molar-refractivity contribution is -0.0470. The van der Waals surface area contributed by atoms with Crippen LogP contribution in [0.2, 0.25) is 0 Å². The van der Waals surface area contributed by atoms with Crippen LogP contribution in [0, 0.1) is 0 Å². The molecule has 0 aliphatic carbocycles. The Morgan fingerprint density at radius 3 is 3.00 bits per heavy atom. The highest BCUT2D eigenvalue weighted by Gasteiger charge is 2.19. The summed E-state index contributed by atoms with van der Waals surface area (Å²) < 4.78 is 12.0. The van der Waals surface area contributed by atoms with E-state index in [1.54, 1.807) is 18.2 Å². The maximum absolute atomic E-state index is 11.1. The molecule has 5 nitrogen and oxygen atoms in total. The topological polar surface area (TPSA) is 73.6 Å². The number of primary amides is 1. The third-order valence-corrected chi connectivity index (χ3v) is 3.53. The quantitative estimate of drug-likeness (QED) is 0.873. The van der Waals surface area contributed by atoms with Gasteiger partial charge in [0.2, 0.25) is 5.91 Å². The molecule has 6 heteroatoms. The molecule has 2 rings (SSSR count). The summed E-state index contributed by atoms with van der Waals surface area (Å²) in [4.78, 5) is 11.1. The van der Waals surface area contributed by atoms with Crippen molar-refractivity contribution in [3.8, 4) is 5.75 Å². The van der Waals surface area contributed by atoms with Gasteiger partial charge in [0.15, 0.2) is 0 Å². The Morgan fingerprint density at radius 1 is 1.58 bits per heavy atom. The van der Waals surface area contributed by atoms with Gasteiger partial charge in [-0.1, -0.05) is 0 Å². The van der Waals surface area contributed by atoms with E-state index >= 15 is 0 Å². The molecule has 0 radical (unpaired) electrons. The standard InChI is InChI=1S/C13H17BrN2O3/c1-8-5-16-6-10(19-8)7-18-9-2-3-11(13(15)17)12(14)4-9/h2-4,8,10,16H,5-7H2,1H3,(H2,15,17). The van der Waals surface area contributed by atoms with E-state index in [2.05, 4.69) is 21.2 Å². The second kappa shape index (κ2) is 6.36. The van der Waals surface area contributed by atoms with Crippen LogP contribution in [0.1, 0.15) is 17.3 Å². The number of carbonyl (C=O) groups is 1. The molecule has 1 aromatic rings. The van der Waals surface area contributed by atoms with E-state index in [1.165, 1.54) is 0 Å². The molecule has 2 unspecified atom stereocenters. The lowest BCUT2D eigenvalue weighted by Gasteiger charge is -2.28. The number of nitrogens with two attached hydrogens (primary N) is 1. The molecule has 1 aliphatic heterocycles. The molecule has 2 atom stereocenters. The fraction of sp³-hybridized carbons (Fsp3) is 0.462. The maximum Gasteiger partial charge on any atom is 0.249 e. The van der Waals surface area contributed by atoms with Crippen molar-refractivity contribution in [3.63, 3.8) is 0 Å². The summed E-state index contributed by atoms with van der Waals surface area (Å²) in [5.74, 6) is 0.214. The van der Waals surface area contributed by atoms with E-state index in [-0.39, 0.29) is 12.2 Å². The molecule has 1 aromatic carbocycles. The summed E-state index contributed by atoms with van der Waals surface area (Å²) in [6, 6.07) is 5.11. The minimum absolute atomic E-state index is 0.0401. The van der Waals surface area contributed by atoms with Gasteiger partial charge in [0, 0.05) is 17.6 Å². The number of amides is 1. The number of rotatable bonds is 4. The molecule has 1 heterocycles. The molecule has 0 saturated carbocycles. The van der Waals surface area contributed by atoms with Crippen molar-refractivity contribution in [3.05, 3.63) is 28.2 Å². The van der Waals surface area contributed by atoms with E-state index < -0.39 is 5.91 Å². The van der Waals surface area contributed by atoms with Crippen molar-refractivity contribution in [1.82, 2.24) is 5.32 Å². The smallest absolute Gasteiger partial charge is 0.249 e. The fourth-order valence-corrected chi connectivity index (χ4v) is 2.50. The SMILES string of the molecule is CC1CNCC(COc2ccc(C(N)=O)c(Br)c2)O1. The summed E-state index contributed by atoms with van der Waals surface area (Å²) in [7, 11) is 0. The van der Waals surface area contributed by atoms with Crippen molar-refractivity contribution in [2.75, 3.05) is 19.7 Å². The number of morpholine rings is 1. The monoisotopic (exact) mass is 328 g/mol. The lowest BCUT2D eigenvalue weighted by atomic mass is 10.2. The van der Waals surface area contributed by atoms with E-state index in [0.717, 1.165) is 13.1 Å². The minimum Gasteiger partial charge on any atom is -0.491 e. The van der Waals surface area contributed by atoms with Crippen LogP contribution in [-0.4, -0.2) is 37.8 Å². The van der Waals surface area contributed by atoms with Crippen molar-refractivity contribution >= 4 is 21.8 Å². The largest absolute Gasteiger partial charge is 0.491 e. The molecule has 0 bridgehead atoms. The summed E-state index contributed by atoms with van der Waals surface area (Å²) in [6.07, 6.45) is 0.240. The van der Waals surface area contributed by atoms with Gasteiger partial charge in [0.1, 0.15) is 18.5 Å². The third kappa shape index (κ3) is 3.92. The molecule has 1 amide bonds. The summed E-state index contributed by atoms with van der Waals surface area (Å²) >= 11 is 3.30. The van der Waals surface area contributed by atoms with Gasteiger partial charge in [-0.05, 0) is 41.1 Å². The molecular weight excluding hydrogens is 312 g/mol. The lowest BCUT2D eigenvalue weighted by Crippen LogP contribution is -2.45. The molecule has 3 N–H and O–H groups in total. The van der Waals surface area contributed by atoms with Gasteiger partial charge in [-0.25, -0.2) is 0 Å². The van der Waals surface area contributed by atoms with Crippen molar-refractivity contribution in [2.24, 2.45) is 5.73 Å². The van der Waals surface area contributed by atoms with Crippen LogP contribution in [0.4, 0.5) is 0 Å². The van der Waals surface area contributed by atoms with Crippen LogP contribution in [0.5, 0.6) is 5.75 Å². The number of halogens is 1. The summed E-state index contributed by atoms with van der Waals surface area (Å²) in [5, 5.41) is 3.28. The number of ether oxygens (including phenoxy) is 2. The van der Waals surface area contributed by atoms with Gasteiger partial charge >= 0.3 is 0 Å². The zero-order valence-electron chi connectivity index (χ0n) is 10.7. The molecule has 0 aromatic heterocycles. The van der Waals surface area contributed by atoms with Crippen LogP contribution in [0.3, 0.4) is 0 Å². The van der Waals surface area contributed by atoms with Crippen molar-refractivity contribution < 1.29 is 14.3 Å². The summed E-state index contributed by atoms with van der Waals surface area (Å²) in [6.45, 7) is 4.15. The van der Waals surface area contributed by atoms with Crippen molar-refractivity contribution in [2.45, 2.75) is 19.1 Å². The van der Waals surface area contributed by atoms with Gasteiger partial charge in [0.25, 0.3) is 0 Å². The Bertz CT molecular complexity index is 467. The van der Waals surface area contributed by atoms with Crippen LogP contribution >= 0.6 is 15.9 Å². The average Bonchev–Trinajstić information content (AvgIpc) is 2.36. The highest BCUT2D eigenvalue weighted by Crippen LogP contribution is 2.23. The summed E-state index contributed by atoms with van der Waals surface area (Å²) in [5.41, 5.74) is 5.67. The Kier molecular flexibility index (Phi) is 4.79. The highest BCUT2D eigenvalue weighted by atomic mass is 79.9. The third-order valence-electron chi connectivity index (χ3n) is 2.87. The fourth-order valence-electron chi connectivity index (χ4n) is 1.95. The van der Waals surface area contributed by atoms with E-state index in [4.69, 9.17) is 15.2 Å². The van der Waals surface area contributed by atoms with Gasteiger partial charge in [-0.15, -0.1) is 0 Å². The second-order valence-electron chi connectivity index (χ2n) is 4.54. The van der Waals surface area contributed by atoms with Crippen molar-refractivity contribution in [1.29, 1.82) is 0 Å². The molecule has 1 aliphatic rings. The van der Waals surface area contributed by atoms with E-state index in [0.29, 0.717) is 22.4 Å². The molecule has 104 valence electrons. The maximum atomic E-state index is 11.1. The molecule has 1 fully saturated rings. The first-order valence-corrected chi connectivity index (χ1v) is 6.94. The number of benzene rings is 1. The first-order valence-electron chi connectivity index (χ1n) is 6.14. The zero-order valence-corrected chi connectivity index (χ0v) is 12.3. The number of nitrogens with one attached hydrogen (secondary N) is 1. The average molecular weight is 329 g/mol. The Morgan fingerprint density at radius 2 is 2.37 bits per heavy atom. The molecule has 1 saturated heterocycles. The normalized spacial score (nSPS) is 23.1. The first-order chi connectivity index (χ1) is 9.06. The van der Waals surface area contributed by atoms with Crippen LogP contribution in [-0.2, 0) is 4.74 Å².